The molecule has 0 aliphatic carbocycles. The summed E-state index contributed by atoms with van der Waals surface area (Å²) in [6.45, 7) is 5.21. The van der Waals surface area contributed by atoms with E-state index in [0.29, 0.717) is 22.9 Å². The molecule has 2 unspecified atom stereocenters. The number of nitro groups is 1. The molecule has 0 bridgehead atoms. The van der Waals surface area contributed by atoms with Gasteiger partial charge in [-0.3, -0.25) is 15.0 Å². The molecule has 108 valence electrons. The number of pyridine rings is 1. The molecule has 0 saturated carbocycles. The lowest BCUT2D eigenvalue weighted by atomic mass is 10.1. The first kappa shape index (κ1) is 13.6. The van der Waals surface area contributed by atoms with Crippen LogP contribution in [-0.4, -0.2) is 46.5 Å². The van der Waals surface area contributed by atoms with Gasteiger partial charge in [0.15, 0.2) is 0 Å². The van der Waals surface area contributed by atoms with Gasteiger partial charge in [0, 0.05) is 31.2 Å². The fourth-order valence-corrected chi connectivity index (χ4v) is 3.48. The fraction of sp³-hybridized carbons (Fsp3) is 0.615. The maximum absolute atomic E-state index is 10.7. The number of fused-ring (bicyclic) bond motifs is 1. The van der Waals surface area contributed by atoms with Gasteiger partial charge in [-0.2, -0.15) is 0 Å². The van der Waals surface area contributed by atoms with Gasteiger partial charge in [0.1, 0.15) is 12.0 Å². The Bertz CT molecular complexity index is 539. The minimum Gasteiger partial charge on any atom is -0.350 e. The molecular formula is C13H17ClN4O2. The van der Waals surface area contributed by atoms with Gasteiger partial charge in [-0.1, -0.05) is 11.6 Å². The number of anilines is 1. The number of halogens is 1. The standard InChI is InChI=1S/C13H17ClN4O2/c1-9-7-16-4-2-3-10(16)8-17(9)13-12(14)5-11(6-15-13)18(19)20/h5-6,9-10H,2-4,7-8H2,1H3. The van der Waals surface area contributed by atoms with Crippen molar-refractivity contribution in [2.45, 2.75) is 31.8 Å². The van der Waals surface area contributed by atoms with Gasteiger partial charge >= 0.3 is 0 Å². The molecule has 2 aliphatic heterocycles. The van der Waals surface area contributed by atoms with E-state index in [9.17, 15) is 10.1 Å². The fourth-order valence-electron chi connectivity index (χ4n) is 3.21. The van der Waals surface area contributed by atoms with Crippen LogP contribution in [0.15, 0.2) is 12.3 Å². The highest BCUT2D eigenvalue weighted by Gasteiger charge is 2.35. The van der Waals surface area contributed by atoms with Crippen molar-refractivity contribution in [3.63, 3.8) is 0 Å². The van der Waals surface area contributed by atoms with Crippen molar-refractivity contribution < 1.29 is 4.92 Å². The van der Waals surface area contributed by atoms with Crippen LogP contribution in [0.3, 0.4) is 0 Å². The SMILES string of the molecule is CC1CN2CCCC2CN1c1ncc([N+](=O)[O-])cc1Cl. The Morgan fingerprint density at radius 1 is 1.50 bits per heavy atom. The summed E-state index contributed by atoms with van der Waals surface area (Å²) < 4.78 is 0. The number of rotatable bonds is 2. The van der Waals surface area contributed by atoms with E-state index in [1.54, 1.807) is 0 Å². The summed E-state index contributed by atoms with van der Waals surface area (Å²) in [5.41, 5.74) is -0.0640. The van der Waals surface area contributed by atoms with E-state index in [-0.39, 0.29) is 5.69 Å². The van der Waals surface area contributed by atoms with E-state index in [1.807, 2.05) is 0 Å². The van der Waals surface area contributed by atoms with Gasteiger partial charge in [-0.15, -0.1) is 0 Å². The summed E-state index contributed by atoms with van der Waals surface area (Å²) in [5, 5.41) is 11.1. The third-order valence-corrected chi connectivity index (χ3v) is 4.51. The molecule has 0 radical (unpaired) electrons. The quantitative estimate of drug-likeness (QED) is 0.619. The lowest BCUT2D eigenvalue weighted by molar-refractivity contribution is -0.385. The Morgan fingerprint density at radius 2 is 2.30 bits per heavy atom. The molecule has 2 saturated heterocycles. The van der Waals surface area contributed by atoms with Crippen molar-refractivity contribution in [1.29, 1.82) is 0 Å². The number of aromatic nitrogens is 1. The monoisotopic (exact) mass is 296 g/mol. The molecule has 2 aliphatic rings. The van der Waals surface area contributed by atoms with Gasteiger partial charge in [-0.05, 0) is 26.3 Å². The minimum atomic E-state index is -0.471. The zero-order chi connectivity index (χ0) is 14.3. The largest absolute Gasteiger partial charge is 0.350 e. The number of piperazine rings is 1. The van der Waals surface area contributed by atoms with Crippen LogP contribution in [0, 0.1) is 10.1 Å². The zero-order valence-corrected chi connectivity index (χ0v) is 12.1. The Hall–Kier alpha value is -1.40. The molecule has 1 aromatic heterocycles. The smallest absolute Gasteiger partial charge is 0.289 e. The molecule has 20 heavy (non-hydrogen) atoms. The molecular weight excluding hydrogens is 280 g/mol. The van der Waals surface area contributed by atoms with Crippen molar-refractivity contribution in [3.8, 4) is 0 Å². The Kier molecular flexibility index (Phi) is 3.52. The maximum atomic E-state index is 10.7. The molecule has 3 heterocycles. The van der Waals surface area contributed by atoms with Gasteiger partial charge < -0.3 is 4.90 Å². The van der Waals surface area contributed by atoms with Crippen LogP contribution in [0.1, 0.15) is 19.8 Å². The number of hydrogen-bond donors (Lipinski definition) is 0. The summed E-state index contributed by atoms with van der Waals surface area (Å²) in [6, 6.07) is 2.26. The molecule has 7 heteroatoms. The Balaban J connectivity index is 1.86. The topological polar surface area (TPSA) is 62.5 Å². The molecule has 0 N–H and O–H groups in total. The van der Waals surface area contributed by atoms with Gasteiger partial charge in [0.05, 0.1) is 9.95 Å². The average molecular weight is 297 g/mol. The highest BCUT2D eigenvalue weighted by atomic mass is 35.5. The number of hydrogen-bond acceptors (Lipinski definition) is 5. The summed E-state index contributed by atoms with van der Waals surface area (Å²) in [7, 11) is 0. The van der Waals surface area contributed by atoms with Gasteiger partial charge in [-0.25, -0.2) is 4.98 Å². The molecule has 1 aromatic rings. The van der Waals surface area contributed by atoms with E-state index in [4.69, 9.17) is 11.6 Å². The lowest BCUT2D eigenvalue weighted by Crippen LogP contribution is -2.55. The summed E-state index contributed by atoms with van der Waals surface area (Å²) in [6.07, 6.45) is 3.73. The van der Waals surface area contributed by atoms with Crippen molar-refractivity contribution >= 4 is 23.1 Å². The molecule has 2 fully saturated rings. The van der Waals surface area contributed by atoms with Crippen LogP contribution in [0.5, 0.6) is 0 Å². The molecule has 6 nitrogen and oxygen atoms in total. The highest BCUT2D eigenvalue weighted by Crippen LogP contribution is 2.32. The number of nitrogens with zero attached hydrogens (tertiary/aromatic N) is 4. The Labute approximate surface area is 122 Å². The van der Waals surface area contributed by atoms with Gasteiger partial charge in [0.25, 0.3) is 5.69 Å². The van der Waals surface area contributed by atoms with Crippen LogP contribution < -0.4 is 4.90 Å². The predicted octanol–water partition coefficient (Wildman–Crippen LogP) is 2.32. The van der Waals surface area contributed by atoms with E-state index in [0.717, 1.165) is 13.1 Å². The normalized spacial score (nSPS) is 26.6. The van der Waals surface area contributed by atoms with Crippen LogP contribution in [0.25, 0.3) is 0 Å². The van der Waals surface area contributed by atoms with E-state index in [1.165, 1.54) is 31.6 Å². The summed E-state index contributed by atoms with van der Waals surface area (Å²) >= 11 is 6.19. The maximum Gasteiger partial charge on any atom is 0.289 e. The van der Waals surface area contributed by atoms with Gasteiger partial charge in [0.2, 0.25) is 0 Å². The van der Waals surface area contributed by atoms with Crippen LogP contribution in [-0.2, 0) is 0 Å². The van der Waals surface area contributed by atoms with Crippen LogP contribution in [0.4, 0.5) is 11.5 Å². The molecule has 0 aromatic carbocycles. The second kappa shape index (κ2) is 5.18. The highest BCUT2D eigenvalue weighted by molar-refractivity contribution is 6.33. The second-order valence-electron chi connectivity index (χ2n) is 5.55. The molecule has 0 spiro atoms. The van der Waals surface area contributed by atoms with E-state index >= 15 is 0 Å². The van der Waals surface area contributed by atoms with E-state index in [2.05, 4.69) is 21.7 Å². The third kappa shape index (κ3) is 2.33. The second-order valence-corrected chi connectivity index (χ2v) is 5.96. The predicted molar refractivity (Wildman–Crippen MR) is 77.3 cm³/mol. The lowest BCUT2D eigenvalue weighted by Gasteiger charge is -2.43. The first-order chi connectivity index (χ1) is 9.56. The van der Waals surface area contributed by atoms with Crippen LogP contribution in [0.2, 0.25) is 5.02 Å². The Morgan fingerprint density at radius 3 is 3.00 bits per heavy atom. The van der Waals surface area contributed by atoms with Crippen molar-refractivity contribution in [1.82, 2.24) is 9.88 Å². The van der Waals surface area contributed by atoms with Crippen molar-refractivity contribution in [3.05, 3.63) is 27.4 Å². The van der Waals surface area contributed by atoms with E-state index < -0.39 is 4.92 Å². The molecule has 2 atom stereocenters. The van der Waals surface area contributed by atoms with Crippen molar-refractivity contribution in [2.24, 2.45) is 0 Å². The molecule has 3 rings (SSSR count). The average Bonchev–Trinajstić information content (AvgIpc) is 2.84. The third-order valence-electron chi connectivity index (χ3n) is 4.23. The van der Waals surface area contributed by atoms with Crippen LogP contribution >= 0.6 is 11.6 Å². The summed E-state index contributed by atoms with van der Waals surface area (Å²) in [4.78, 5) is 19.2. The first-order valence-corrected chi connectivity index (χ1v) is 7.24. The first-order valence-electron chi connectivity index (χ1n) is 6.87. The summed E-state index contributed by atoms with van der Waals surface area (Å²) in [5.74, 6) is 0.663. The zero-order valence-electron chi connectivity index (χ0n) is 11.3. The molecule has 0 amide bonds. The minimum absolute atomic E-state index is 0.0640. The van der Waals surface area contributed by atoms with Crippen molar-refractivity contribution in [2.75, 3.05) is 24.5 Å².